The molecule has 0 aliphatic rings. The maximum Gasteiger partial charge on any atom is 0.326 e. The molecule has 6 heteroatoms. The van der Waals surface area contributed by atoms with Gasteiger partial charge in [0, 0.05) is 25.5 Å². The number of fused-ring (bicyclic) bond motifs is 1. The molecule has 0 aromatic heterocycles. The van der Waals surface area contributed by atoms with Crippen molar-refractivity contribution in [2.75, 3.05) is 20.3 Å². The Morgan fingerprint density at radius 1 is 1.17 bits per heavy atom. The normalized spacial score (nSPS) is 11.9. The number of carbonyl (C=O) groups is 2. The van der Waals surface area contributed by atoms with Crippen LogP contribution in [0, 0.1) is 0 Å². The molecule has 1 atom stereocenters. The van der Waals surface area contributed by atoms with Gasteiger partial charge in [-0.25, -0.2) is 4.79 Å². The van der Waals surface area contributed by atoms with Crippen molar-refractivity contribution in [2.24, 2.45) is 0 Å². The number of aliphatic carboxylic acids is 1. The topological polar surface area (TPSA) is 84.9 Å². The van der Waals surface area contributed by atoms with E-state index >= 15 is 0 Å². The molecule has 6 nitrogen and oxygen atoms in total. The summed E-state index contributed by atoms with van der Waals surface area (Å²) in [6.07, 6.45) is 0.200. The van der Waals surface area contributed by atoms with Crippen LogP contribution in [0.3, 0.4) is 0 Å². The van der Waals surface area contributed by atoms with E-state index in [0.717, 1.165) is 10.8 Å². The molecule has 0 fully saturated rings. The molecule has 23 heavy (non-hydrogen) atoms. The Morgan fingerprint density at radius 3 is 2.65 bits per heavy atom. The van der Waals surface area contributed by atoms with Crippen molar-refractivity contribution in [1.82, 2.24) is 5.32 Å². The molecule has 2 aromatic rings. The predicted octanol–water partition coefficient (Wildman–Crippen LogP) is 1.82. The molecule has 0 aliphatic carbocycles. The van der Waals surface area contributed by atoms with Crippen LogP contribution >= 0.6 is 0 Å². The lowest BCUT2D eigenvalue weighted by Crippen LogP contribution is -2.43. The smallest absolute Gasteiger partial charge is 0.326 e. The van der Waals surface area contributed by atoms with E-state index in [9.17, 15) is 9.59 Å². The van der Waals surface area contributed by atoms with E-state index < -0.39 is 17.9 Å². The fourth-order valence-corrected chi connectivity index (χ4v) is 2.19. The van der Waals surface area contributed by atoms with E-state index in [1.54, 1.807) is 6.07 Å². The van der Waals surface area contributed by atoms with Gasteiger partial charge >= 0.3 is 5.97 Å². The zero-order valence-corrected chi connectivity index (χ0v) is 12.8. The summed E-state index contributed by atoms with van der Waals surface area (Å²) in [5.74, 6) is -0.996. The number of amides is 1. The maximum absolute atomic E-state index is 11.9. The summed E-state index contributed by atoms with van der Waals surface area (Å²) in [5, 5.41) is 13.4. The molecule has 0 saturated carbocycles. The SMILES string of the molecule is COCCC(NC(=O)COc1cccc2ccccc12)C(=O)O. The Kier molecular flexibility index (Phi) is 5.94. The standard InChI is InChI=1S/C17H19NO5/c1-22-10-9-14(17(20)21)18-16(19)11-23-15-8-4-6-12-5-2-3-7-13(12)15/h2-8,14H,9-11H2,1H3,(H,18,19)(H,20,21). The predicted molar refractivity (Wildman–Crippen MR) is 85.5 cm³/mol. The number of hydrogen-bond donors (Lipinski definition) is 2. The van der Waals surface area contributed by atoms with E-state index in [-0.39, 0.29) is 19.6 Å². The van der Waals surface area contributed by atoms with E-state index in [2.05, 4.69) is 5.32 Å². The number of rotatable bonds is 8. The zero-order valence-electron chi connectivity index (χ0n) is 12.8. The Hall–Kier alpha value is -2.60. The number of carboxylic acids is 1. The van der Waals surface area contributed by atoms with Crippen LogP contribution in [-0.2, 0) is 14.3 Å². The van der Waals surface area contributed by atoms with Gasteiger partial charge < -0.3 is 19.9 Å². The van der Waals surface area contributed by atoms with Crippen molar-refractivity contribution in [3.05, 3.63) is 42.5 Å². The molecule has 0 bridgehead atoms. The summed E-state index contributed by atoms with van der Waals surface area (Å²) >= 11 is 0. The minimum atomic E-state index is -1.10. The number of hydrogen-bond acceptors (Lipinski definition) is 4. The summed E-state index contributed by atoms with van der Waals surface area (Å²) in [6.45, 7) is 0.00615. The number of benzene rings is 2. The van der Waals surface area contributed by atoms with Gasteiger partial charge in [-0.2, -0.15) is 0 Å². The Morgan fingerprint density at radius 2 is 1.91 bits per heavy atom. The van der Waals surface area contributed by atoms with Crippen LogP contribution in [0.4, 0.5) is 0 Å². The van der Waals surface area contributed by atoms with Crippen LogP contribution in [0.15, 0.2) is 42.5 Å². The van der Waals surface area contributed by atoms with Crippen molar-refractivity contribution < 1.29 is 24.2 Å². The van der Waals surface area contributed by atoms with Crippen LogP contribution < -0.4 is 10.1 Å². The lowest BCUT2D eigenvalue weighted by Gasteiger charge is -2.15. The average molecular weight is 317 g/mol. The van der Waals surface area contributed by atoms with Crippen LogP contribution in [0.1, 0.15) is 6.42 Å². The van der Waals surface area contributed by atoms with Gasteiger partial charge in [0.05, 0.1) is 0 Å². The molecule has 0 heterocycles. The van der Waals surface area contributed by atoms with Crippen LogP contribution in [0.2, 0.25) is 0 Å². The van der Waals surface area contributed by atoms with Gasteiger partial charge in [0.1, 0.15) is 11.8 Å². The largest absolute Gasteiger partial charge is 0.483 e. The van der Waals surface area contributed by atoms with Crippen molar-refractivity contribution in [3.8, 4) is 5.75 Å². The van der Waals surface area contributed by atoms with Crippen LogP contribution in [-0.4, -0.2) is 43.3 Å². The fraction of sp³-hybridized carbons (Fsp3) is 0.294. The number of carboxylic acid groups (broad SMARTS) is 1. The molecule has 0 radical (unpaired) electrons. The second kappa shape index (κ2) is 8.14. The van der Waals surface area contributed by atoms with Gasteiger partial charge in [0.25, 0.3) is 5.91 Å². The highest BCUT2D eigenvalue weighted by molar-refractivity contribution is 5.89. The highest BCUT2D eigenvalue weighted by atomic mass is 16.5. The number of nitrogens with one attached hydrogen (secondary N) is 1. The summed E-state index contributed by atoms with van der Waals surface area (Å²) in [5.41, 5.74) is 0. The lowest BCUT2D eigenvalue weighted by molar-refractivity contribution is -0.142. The van der Waals surface area contributed by atoms with Crippen LogP contribution in [0.25, 0.3) is 10.8 Å². The number of ether oxygens (including phenoxy) is 2. The first-order chi connectivity index (χ1) is 11.1. The number of carbonyl (C=O) groups excluding carboxylic acids is 1. The van der Waals surface area contributed by atoms with Crippen molar-refractivity contribution in [3.63, 3.8) is 0 Å². The maximum atomic E-state index is 11.9. The summed E-state index contributed by atoms with van der Waals surface area (Å²) in [6, 6.07) is 12.2. The Balaban J connectivity index is 1.96. The average Bonchev–Trinajstić information content (AvgIpc) is 2.56. The first-order valence-electron chi connectivity index (χ1n) is 7.23. The van der Waals surface area contributed by atoms with E-state index in [1.807, 2.05) is 36.4 Å². The van der Waals surface area contributed by atoms with Crippen molar-refractivity contribution >= 4 is 22.6 Å². The monoisotopic (exact) mass is 317 g/mol. The van der Waals surface area contributed by atoms with Gasteiger partial charge in [-0.15, -0.1) is 0 Å². The fourth-order valence-electron chi connectivity index (χ4n) is 2.19. The highest BCUT2D eigenvalue weighted by Crippen LogP contribution is 2.24. The van der Waals surface area contributed by atoms with Gasteiger partial charge in [-0.05, 0) is 11.5 Å². The molecule has 0 saturated heterocycles. The molecule has 2 rings (SSSR count). The van der Waals surface area contributed by atoms with E-state index in [4.69, 9.17) is 14.6 Å². The molecule has 1 amide bonds. The molecule has 1 unspecified atom stereocenters. The molecule has 2 aromatic carbocycles. The minimum Gasteiger partial charge on any atom is -0.483 e. The Labute approximate surface area is 134 Å². The van der Waals surface area contributed by atoms with Crippen molar-refractivity contribution in [2.45, 2.75) is 12.5 Å². The number of methoxy groups -OCH3 is 1. The first-order valence-corrected chi connectivity index (χ1v) is 7.23. The van der Waals surface area contributed by atoms with Gasteiger partial charge in [-0.3, -0.25) is 4.79 Å². The molecule has 0 spiro atoms. The summed E-state index contributed by atoms with van der Waals surface area (Å²) in [7, 11) is 1.48. The van der Waals surface area contributed by atoms with Gasteiger partial charge in [0.15, 0.2) is 6.61 Å². The van der Waals surface area contributed by atoms with E-state index in [1.165, 1.54) is 7.11 Å². The quantitative estimate of drug-likeness (QED) is 0.776. The molecule has 2 N–H and O–H groups in total. The third kappa shape index (κ3) is 4.69. The zero-order chi connectivity index (χ0) is 16.7. The Bertz CT molecular complexity index is 680. The summed E-state index contributed by atoms with van der Waals surface area (Å²) < 4.78 is 10.4. The molecular weight excluding hydrogens is 298 g/mol. The second-order valence-corrected chi connectivity index (χ2v) is 5.01. The molecule has 122 valence electrons. The minimum absolute atomic E-state index is 0.200. The van der Waals surface area contributed by atoms with E-state index in [0.29, 0.717) is 5.75 Å². The second-order valence-electron chi connectivity index (χ2n) is 5.01. The molecular formula is C17H19NO5. The molecule has 0 aliphatic heterocycles. The lowest BCUT2D eigenvalue weighted by atomic mass is 10.1. The third-order valence-electron chi connectivity index (χ3n) is 3.35. The first kappa shape index (κ1) is 16.8. The van der Waals surface area contributed by atoms with Gasteiger partial charge in [-0.1, -0.05) is 36.4 Å². The van der Waals surface area contributed by atoms with Crippen LogP contribution in [0.5, 0.6) is 5.75 Å². The van der Waals surface area contributed by atoms with Crippen molar-refractivity contribution in [1.29, 1.82) is 0 Å². The van der Waals surface area contributed by atoms with Gasteiger partial charge in [0.2, 0.25) is 0 Å². The summed E-state index contributed by atoms with van der Waals surface area (Å²) in [4.78, 5) is 23.0. The third-order valence-corrected chi connectivity index (χ3v) is 3.35. The highest BCUT2D eigenvalue weighted by Gasteiger charge is 2.19.